The van der Waals surface area contributed by atoms with E-state index in [-0.39, 0.29) is 45.4 Å². The minimum atomic E-state index is -0.728. The van der Waals surface area contributed by atoms with Crippen LogP contribution in [0.3, 0.4) is 0 Å². The number of hydrogen-bond donors (Lipinski definition) is 1. The number of aliphatic hydroxyl groups is 1. The molecule has 6 heteroatoms. The maximum atomic E-state index is 14.6. The van der Waals surface area contributed by atoms with Crippen LogP contribution in [0.5, 0.6) is 0 Å². The third-order valence-corrected chi connectivity index (χ3v) is 15.4. The van der Waals surface area contributed by atoms with E-state index in [0.717, 1.165) is 44.1 Å². The van der Waals surface area contributed by atoms with Crippen LogP contribution in [0.25, 0.3) is 0 Å². The first-order chi connectivity index (χ1) is 21.1. The summed E-state index contributed by atoms with van der Waals surface area (Å²) in [7, 11) is 0. The lowest BCUT2D eigenvalue weighted by atomic mass is 9.35. The number of ether oxygens (including phenoxy) is 3. The molecule has 1 aromatic rings. The molecule has 5 aliphatic carbocycles. The van der Waals surface area contributed by atoms with E-state index in [1.54, 1.807) is 0 Å². The first-order valence-corrected chi connectivity index (χ1v) is 17.5. The number of aliphatic hydroxyl groups excluding tert-OH is 1. The Morgan fingerprint density at radius 3 is 2.40 bits per heavy atom. The highest BCUT2D eigenvalue weighted by atomic mass is 16.6. The van der Waals surface area contributed by atoms with Crippen LogP contribution in [0, 0.1) is 56.7 Å². The first-order valence-electron chi connectivity index (χ1n) is 17.5. The van der Waals surface area contributed by atoms with Crippen molar-refractivity contribution in [1.29, 1.82) is 0 Å². The smallest absolute Gasteiger partial charge is 0.310 e. The van der Waals surface area contributed by atoms with Crippen molar-refractivity contribution in [3.05, 3.63) is 47.5 Å². The van der Waals surface area contributed by atoms with Crippen molar-refractivity contribution in [2.45, 2.75) is 118 Å². The van der Waals surface area contributed by atoms with E-state index in [9.17, 15) is 14.7 Å². The summed E-state index contributed by atoms with van der Waals surface area (Å²) in [5.74, 6) is 0.738. The van der Waals surface area contributed by atoms with E-state index in [1.165, 1.54) is 12.5 Å². The molecule has 0 aromatic heterocycles. The Morgan fingerprint density at radius 2 is 1.73 bits per heavy atom. The van der Waals surface area contributed by atoms with E-state index in [0.29, 0.717) is 31.0 Å². The molecule has 12 atom stereocenters. The monoisotopic (exact) mass is 618 g/mol. The number of esters is 2. The van der Waals surface area contributed by atoms with Gasteiger partial charge in [0.1, 0.15) is 18.3 Å². The third-order valence-electron chi connectivity index (χ3n) is 15.4. The Morgan fingerprint density at radius 1 is 1.02 bits per heavy atom. The summed E-state index contributed by atoms with van der Waals surface area (Å²) in [6.07, 6.45) is 6.83. The number of carbonyl (C=O) groups excluding carboxylic acids is 2. The standard InChI is InChI=1S/C39H54O6/c1-23(2)24(3)34(5)18-19-36(7)27-14-15-29-35(6)22-44-39(32(31(35)41)45-25(4)40)21-38(29,39)28(27)16-17-37(36,8)30(34)33(42)43-20-26-12-10-9-11-13-26/h9-13,16,23-24,27,29-32,41H,14-15,17-22H2,1-8H3/t24-,27+,29+,30-,31+,32+,34-,35+,36-,37+,38-,39?/m1/s1. The Kier molecular flexibility index (Phi) is 6.93. The second-order valence-corrected chi connectivity index (χ2v) is 17.3. The van der Waals surface area contributed by atoms with Gasteiger partial charge in [-0.15, -0.1) is 0 Å². The maximum absolute atomic E-state index is 14.6. The number of hydrogen-bond acceptors (Lipinski definition) is 6. The molecule has 2 saturated heterocycles. The summed E-state index contributed by atoms with van der Waals surface area (Å²) in [5, 5.41) is 11.6. The number of carbonyl (C=O) groups is 2. The van der Waals surface area contributed by atoms with Crippen molar-refractivity contribution < 1.29 is 28.9 Å². The van der Waals surface area contributed by atoms with E-state index in [4.69, 9.17) is 14.2 Å². The molecular weight excluding hydrogens is 564 g/mol. The van der Waals surface area contributed by atoms with Gasteiger partial charge in [-0.25, -0.2) is 0 Å². The van der Waals surface area contributed by atoms with Gasteiger partial charge in [-0.1, -0.05) is 90.4 Å². The molecule has 2 bridgehead atoms. The minimum absolute atomic E-state index is 0.0560. The second-order valence-electron chi connectivity index (χ2n) is 17.3. The van der Waals surface area contributed by atoms with Gasteiger partial charge in [-0.2, -0.15) is 0 Å². The summed E-state index contributed by atoms with van der Waals surface area (Å²) in [5.41, 5.74) is 0.549. The quantitative estimate of drug-likeness (QED) is 0.267. The number of fused-ring (bicyclic) bond motifs is 5. The van der Waals surface area contributed by atoms with Crippen LogP contribution in [-0.2, 0) is 30.4 Å². The SMILES string of the molecule is CC(=O)O[C@H]1[C@H](O)[C@@]2(C)COC13C[C@]31C3=CC[C@@]4(C)[C@H](C(=O)OCc5ccccc5)[C@@](C)([C@H](C)C(C)C)CC[C@]4(C)[C@H]3CC[C@@H]21. The molecule has 6 nitrogen and oxygen atoms in total. The largest absolute Gasteiger partial charge is 0.461 e. The molecule has 0 amide bonds. The van der Waals surface area contributed by atoms with Crippen molar-refractivity contribution in [3.8, 4) is 0 Å². The van der Waals surface area contributed by atoms with E-state index >= 15 is 0 Å². The highest BCUT2D eigenvalue weighted by Crippen LogP contribution is 2.85. The number of rotatable bonds is 6. The Bertz CT molecular complexity index is 1420. The summed E-state index contributed by atoms with van der Waals surface area (Å²) >= 11 is 0. The molecule has 246 valence electrons. The van der Waals surface area contributed by atoms with Gasteiger partial charge >= 0.3 is 11.9 Å². The van der Waals surface area contributed by atoms with Crippen molar-refractivity contribution in [1.82, 2.24) is 0 Å². The average molecular weight is 619 g/mol. The van der Waals surface area contributed by atoms with Crippen LogP contribution in [0.15, 0.2) is 42.0 Å². The van der Waals surface area contributed by atoms with Crippen LogP contribution in [0.1, 0.15) is 99.5 Å². The lowest BCUT2D eigenvalue weighted by molar-refractivity contribution is -0.290. The van der Waals surface area contributed by atoms with Gasteiger partial charge < -0.3 is 19.3 Å². The molecule has 8 rings (SSSR count). The Labute approximate surface area is 269 Å². The fourth-order valence-electron chi connectivity index (χ4n) is 12.3. The van der Waals surface area contributed by atoms with Gasteiger partial charge in [-0.3, -0.25) is 9.59 Å². The summed E-state index contributed by atoms with van der Waals surface area (Å²) in [6, 6.07) is 10.0. The molecule has 0 radical (unpaired) electrons. The molecule has 2 aliphatic heterocycles. The van der Waals surface area contributed by atoms with Crippen LogP contribution >= 0.6 is 0 Å². The normalized spacial score (nSPS) is 48.2. The molecule has 1 N–H and O–H groups in total. The molecule has 2 spiro atoms. The van der Waals surface area contributed by atoms with Crippen LogP contribution < -0.4 is 0 Å². The predicted octanol–water partition coefficient (Wildman–Crippen LogP) is 7.28. The Hall–Kier alpha value is -2.18. The molecule has 45 heavy (non-hydrogen) atoms. The van der Waals surface area contributed by atoms with Gasteiger partial charge in [0.2, 0.25) is 0 Å². The number of allylic oxidation sites excluding steroid dienone is 1. The lowest BCUT2D eigenvalue weighted by Crippen LogP contribution is -2.71. The highest BCUT2D eigenvalue weighted by Gasteiger charge is 2.89. The number of benzene rings is 1. The fourth-order valence-corrected chi connectivity index (χ4v) is 12.3. The van der Waals surface area contributed by atoms with Gasteiger partial charge in [0, 0.05) is 17.8 Å². The van der Waals surface area contributed by atoms with E-state index < -0.39 is 23.2 Å². The summed E-state index contributed by atoms with van der Waals surface area (Å²) < 4.78 is 18.9. The third kappa shape index (κ3) is 3.82. The molecule has 7 aliphatic rings. The lowest BCUT2D eigenvalue weighted by Gasteiger charge is -2.69. The summed E-state index contributed by atoms with van der Waals surface area (Å²) in [4.78, 5) is 26.8. The molecule has 4 saturated carbocycles. The zero-order chi connectivity index (χ0) is 32.4. The van der Waals surface area contributed by atoms with E-state index in [2.05, 4.69) is 54.5 Å². The molecule has 2 heterocycles. The van der Waals surface area contributed by atoms with Crippen LogP contribution in [0.2, 0.25) is 0 Å². The minimum Gasteiger partial charge on any atom is -0.461 e. The van der Waals surface area contributed by atoms with Gasteiger partial charge in [0.15, 0.2) is 6.10 Å². The molecule has 6 fully saturated rings. The van der Waals surface area contributed by atoms with Crippen LogP contribution in [0.4, 0.5) is 0 Å². The van der Waals surface area contributed by atoms with Crippen molar-refractivity contribution in [2.24, 2.45) is 56.7 Å². The fraction of sp³-hybridized carbons (Fsp3) is 0.744. The van der Waals surface area contributed by atoms with Gasteiger partial charge in [0.05, 0.1) is 12.5 Å². The van der Waals surface area contributed by atoms with Gasteiger partial charge in [0.25, 0.3) is 0 Å². The van der Waals surface area contributed by atoms with Crippen molar-refractivity contribution in [2.75, 3.05) is 6.61 Å². The average Bonchev–Trinajstić information content (AvgIpc) is 3.68. The Balaban J connectivity index is 1.30. The molecular formula is C39H54O6. The topological polar surface area (TPSA) is 82.1 Å². The van der Waals surface area contributed by atoms with Crippen LogP contribution in [-0.4, -0.2) is 41.5 Å². The zero-order valence-corrected chi connectivity index (χ0v) is 28.7. The predicted molar refractivity (Wildman–Crippen MR) is 172 cm³/mol. The molecule has 1 unspecified atom stereocenters. The first kappa shape index (κ1) is 31.4. The van der Waals surface area contributed by atoms with Crippen molar-refractivity contribution in [3.63, 3.8) is 0 Å². The highest BCUT2D eigenvalue weighted by molar-refractivity contribution is 5.75. The second kappa shape index (κ2) is 9.92. The van der Waals surface area contributed by atoms with Gasteiger partial charge in [-0.05, 0) is 84.0 Å². The molecule has 1 aromatic carbocycles. The van der Waals surface area contributed by atoms with Crippen molar-refractivity contribution >= 4 is 11.9 Å². The van der Waals surface area contributed by atoms with E-state index in [1.807, 2.05) is 30.3 Å². The zero-order valence-electron chi connectivity index (χ0n) is 28.7. The summed E-state index contributed by atoms with van der Waals surface area (Å²) in [6.45, 7) is 18.5. The maximum Gasteiger partial charge on any atom is 0.310 e.